The molecule has 0 aromatic carbocycles. The summed E-state index contributed by atoms with van der Waals surface area (Å²) < 4.78 is 0. The van der Waals surface area contributed by atoms with Gasteiger partial charge in [0.05, 0.1) is 0 Å². The summed E-state index contributed by atoms with van der Waals surface area (Å²) in [5.74, 6) is 0. The van der Waals surface area contributed by atoms with E-state index in [0.29, 0.717) is 0 Å². The van der Waals surface area contributed by atoms with Crippen molar-refractivity contribution in [3.05, 3.63) is 0 Å². The molecule has 0 aliphatic carbocycles. The number of rotatable bonds is 41. The van der Waals surface area contributed by atoms with Crippen molar-refractivity contribution in [2.45, 2.75) is 365 Å². The highest BCUT2D eigenvalue weighted by Crippen LogP contribution is 2.15. The summed E-state index contributed by atoms with van der Waals surface area (Å²) in [5, 5.41) is 0. The summed E-state index contributed by atoms with van der Waals surface area (Å²) in [6, 6.07) is 0. The van der Waals surface area contributed by atoms with Crippen LogP contribution >= 0.6 is 17.2 Å². The van der Waals surface area contributed by atoms with E-state index < -0.39 is 17.2 Å². The molecule has 398 valence electrons. The third-order valence-electron chi connectivity index (χ3n) is 11.3. The van der Waals surface area contributed by atoms with Crippen molar-refractivity contribution < 1.29 is 29.4 Å². The lowest BCUT2D eigenvalue weighted by atomic mass is 10.1. The highest BCUT2D eigenvalue weighted by molar-refractivity contribution is 7.38. The van der Waals surface area contributed by atoms with E-state index in [-0.39, 0.29) is 0 Å². The van der Waals surface area contributed by atoms with Crippen molar-refractivity contribution in [1.29, 1.82) is 0 Å². The summed E-state index contributed by atoms with van der Waals surface area (Å²) >= 11 is 0. The van der Waals surface area contributed by atoms with E-state index in [0.717, 1.165) is 0 Å². The summed E-state index contributed by atoms with van der Waals surface area (Å²) in [6.45, 7) is 22.6. The van der Waals surface area contributed by atoms with Gasteiger partial charge in [-0.15, -0.1) is 0 Å². The molecule has 0 aromatic rings. The standard InChI is InChI=1S/4C13H28.C4H10.2H3O3P/c4*1-3-5-7-9-11-13-12-10-8-6-4-2;1-3-4-2;2*1-4(2)3/h4*3-13H2,1-2H3;3-4H2,1-2H3;2*1-3H. The average Bonchev–Trinajstić information content (AvgIpc) is 3.27. The van der Waals surface area contributed by atoms with E-state index in [2.05, 4.69) is 69.2 Å². The zero-order valence-corrected chi connectivity index (χ0v) is 47.9. The van der Waals surface area contributed by atoms with Crippen molar-refractivity contribution >= 4 is 17.2 Å². The Bertz CT molecular complexity index is 489. The fourth-order valence-electron chi connectivity index (χ4n) is 6.95. The topological polar surface area (TPSA) is 121 Å². The predicted molar refractivity (Wildman–Crippen MR) is 296 cm³/mol. The maximum atomic E-state index is 7.23. The Morgan fingerprint density at radius 3 is 0.250 bits per heavy atom. The van der Waals surface area contributed by atoms with Crippen LogP contribution in [-0.4, -0.2) is 29.4 Å². The second kappa shape index (κ2) is 90.1. The van der Waals surface area contributed by atoms with Gasteiger partial charge >= 0.3 is 17.2 Å². The molecule has 0 aliphatic heterocycles. The first-order chi connectivity index (χ1) is 31.0. The third kappa shape index (κ3) is 137. The maximum Gasteiger partial charge on any atom is 0.324 e. The van der Waals surface area contributed by atoms with Crippen LogP contribution in [0.3, 0.4) is 0 Å². The van der Waals surface area contributed by atoms with Gasteiger partial charge in [0, 0.05) is 0 Å². The minimum absolute atomic E-state index is 1.32. The largest absolute Gasteiger partial charge is 0.328 e. The van der Waals surface area contributed by atoms with E-state index in [4.69, 9.17) is 29.4 Å². The Balaban J connectivity index is -0.000000124. The lowest BCUT2D eigenvalue weighted by molar-refractivity contribution is 0.366. The molecule has 0 aliphatic rings. The molecule has 0 aromatic heterocycles. The highest BCUT2D eigenvalue weighted by Gasteiger charge is 1.94. The molecule has 8 heteroatoms. The second-order valence-corrected chi connectivity index (χ2v) is 19.3. The van der Waals surface area contributed by atoms with E-state index in [1.54, 1.807) is 0 Å². The van der Waals surface area contributed by atoms with Gasteiger partial charge in [-0.2, -0.15) is 0 Å². The van der Waals surface area contributed by atoms with Gasteiger partial charge in [0.2, 0.25) is 0 Å². The molecule has 0 spiro atoms. The molecule has 0 atom stereocenters. The van der Waals surface area contributed by atoms with Crippen LogP contribution in [0.15, 0.2) is 0 Å². The van der Waals surface area contributed by atoms with Gasteiger partial charge in [0.25, 0.3) is 0 Å². The number of hydrogen-bond acceptors (Lipinski definition) is 6. The number of hydrogen-bond donors (Lipinski definition) is 6. The Hall–Kier alpha value is 0.620. The maximum absolute atomic E-state index is 7.23. The molecule has 0 saturated heterocycles. The van der Waals surface area contributed by atoms with E-state index >= 15 is 0 Å². The van der Waals surface area contributed by atoms with E-state index in [1.165, 1.54) is 295 Å². The first-order valence-electron chi connectivity index (χ1n) is 28.8. The Labute approximate surface area is 409 Å². The molecule has 6 nitrogen and oxygen atoms in total. The summed E-state index contributed by atoms with van der Waals surface area (Å²) in [5.41, 5.74) is 0. The highest BCUT2D eigenvalue weighted by atomic mass is 31.2. The third-order valence-corrected chi connectivity index (χ3v) is 11.3. The lowest BCUT2D eigenvalue weighted by Gasteiger charge is -2.00. The quantitative estimate of drug-likeness (QED) is 0.0268. The summed E-state index contributed by atoms with van der Waals surface area (Å²) in [4.78, 5) is 43.4. The zero-order chi connectivity index (χ0) is 49.7. The van der Waals surface area contributed by atoms with Crippen molar-refractivity contribution in [2.24, 2.45) is 0 Å². The van der Waals surface area contributed by atoms with Crippen LogP contribution < -0.4 is 0 Å². The van der Waals surface area contributed by atoms with Crippen molar-refractivity contribution in [2.75, 3.05) is 0 Å². The van der Waals surface area contributed by atoms with Crippen molar-refractivity contribution in [3.63, 3.8) is 0 Å². The molecule has 64 heavy (non-hydrogen) atoms. The van der Waals surface area contributed by atoms with Gasteiger partial charge in [-0.1, -0.05) is 365 Å². The molecular formula is C56H128O6P2. The minimum atomic E-state index is -2.62. The molecule has 0 radical (unpaired) electrons. The van der Waals surface area contributed by atoms with Crippen LogP contribution in [0, 0.1) is 0 Å². The van der Waals surface area contributed by atoms with Gasteiger partial charge in [0.1, 0.15) is 0 Å². The van der Waals surface area contributed by atoms with Crippen molar-refractivity contribution in [3.8, 4) is 0 Å². The fraction of sp³-hybridized carbons (Fsp3) is 1.00. The molecule has 6 N–H and O–H groups in total. The van der Waals surface area contributed by atoms with Gasteiger partial charge in [-0.05, 0) is 0 Å². The number of unbranched alkanes of at least 4 members (excludes halogenated alkanes) is 41. The molecule has 0 bridgehead atoms. The fourth-order valence-corrected chi connectivity index (χ4v) is 6.95. The normalized spacial score (nSPS) is 10.2. The van der Waals surface area contributed by atoms with Crippen LogP contribution in [0.5, 0.6) is 0 Å². The van der Waals surface area contributed by atoms with E-state index in [9.17, 15) is 0 Å². The minimum Gasteiger partial charge on any atom is -0.328 e. The molecular weight excluding hydrogens is 831 g/mol. The second-order valence-electron chi connectivity index (χ2n) is 18.3. The first-order valence-corrected chi connectivity index (χ1v) is 31.2. The summed E-state index contributed by atoms with van der Waals surface area (Å²) in [6.07, 6.45) is 66.4. The molecule has 0 rings (SSSR count). The van der Waals surface area contributed by atoms with E-state index in [1.807, 2.05) is 0 Å². The average molecular weight is 960 g/mol. The molecule has 0 fully saturated rings. The van der Waals surface area contributed by atoms with Gasteiger partial charge in [0.15, 0.2) is 0 Å². The van der Waals surface area contributed by atoms with Gasteiger partial charge in [-0.3, -0.25) is 0 Å². The molecule has 0 heterocycles. The van der Waals surface area contributed by atoms with Crippen LogP contribution in [0.2, 0.25) is 0 Å². The summed E-state index contributed by atoms with van der Waals surface area (Å²) in [7, 11) is -5.24. The Morgan fingerprint density at radius 2 is 0.203 bits per heavy atom. The lowest BCUT2D eigenvalue weighted by Crippen LogP contribution is -1.80. The predicted octanol–water partition coefficient (Wildman–Crippen LogP) is 21.5. The Morgan fingerprint density at radius 1 is 0.141 bits per heavy atom. The molecule has 0 saturated carbocycles. The van der Waals surface area contributed by atoms with Gasteiger partial charge < -0.3 is 29.4 Å². The van der Waals surface area contributed by atoms with Crippen LogP contribution in [-0.2, 0) is 0 Å². The van der Waals surface area contributed by atoms with Crippen LogP contribution in [0.25, 0.3) is 0 Å². The first kappa shape index (κ1) is 78.8. The SMILES string of the molecule is CCCC.CCCCCCCCCCCCC.CCCCCCCCCCCCC.CCCCCCCCCCCCC.CCCCCCCCCCCCC.OP(O)O.OP(O)O. The van der Waals surface area contributed by atoms with Crippen LogP contribution in [0.4, 0.5) is 0 Å². The van der Waals surface area contributed by atoms with Crippen molar-refractivity contribution in [1.82, 2.24) is 0 Å². The Kier molecular flexibility index (Phi) is 111. The smallest absolute Gasteiger partial charge is 0.324 e. The monoisotopic (exact) mass is 959 g/mol. The van der Waals surface area contributed by atoms with Gasteiger partial charge in [-0.25, -0.2) is 0 Å². The molecule has 0 amide bonds. The van der Waals surface area contributed by atoms with Crippen LogP contribution in [0.1, 0.15) is 365 Å². The zero-order valence-electron chi connectivity index (χ0n) is 46.1. The molecule has 0 unspecified atom stereocenters.